The number of benzene rings is 2. The highest BCUT2D eigenvalue weighted by Gasteiger charge is 2.45. The van der Waals surface area contributed by atoms with Crippen LogP contribution in [0.5, 0.6) is 0 Å². The molecule has 0 bridgehead atoms. The number of rotatable bonds is 3. The summed E-state index contributed by atoms with van der Waals surface area (Å²) in [7, 11) is -3.36. The Bertz CT molecular complexity index is 718. The molecule has 1 fully saturated rings. The van der Waals surface area contributed by atoms with E-state index >= 15 is 0 Å². The van der Waals surface area contributed by atoms with Crippen molar-refractivity contribution in [3.05, 3.63) is 65.2 Å². The Hall–Kier alpha value is -1.65. The Balaban J connectivity index is 1.84. The monoisotopic (exact) mass is 287 g/mol. The molecule has 20 heavy (non-hydrogen) atoms. The Kier molecular flexibility index (Phi) is 3.15. The van der Waals surface area contributed by atoms with E-state index in [4.69, 9.17) is 0 Å². The molecule has 0 aliphatic carbocycles. The van der Waals surface area contributed by atoms with Crippen LogP contribution in [-0.2, 0) is 10.0 Å². The SMILES string of the molecule is Cc1ccc([C@@H]2CN2S(=O)(=O)c2ccc(C)cc2)cc1. The first-order valence-corrected chi connectivity index (χ1v) is 8.07. The van der Waals surface area contributed by atoms with Gasteiger partial charge in [0.05, 0.1) is 10.9 Å². The molecular formula is C16H17NO2S. The molecule has 1 saturated heterocycles. The average molecular weight is 287 g/mol. The van der Waals surface area contributed by atoms with Gasteiger partial charge in [0, 0.05) is 6.54 Å². The van der Waals surface area contributed by atoms with Crippen LogP contribution in [0.3, 0.4) is 0 Å². The van der Waals surface area contributed by atoms with Crippen molar-refractivity contribution in [2.24, 2.45) is 0 Å². The highest BCUT2D eigenvalue weighted by Crippen LogP contribution is 2.40. The van der Waals surface area contributed by atoms with Crippen LogP contribution in [0, 0.1) is 13.8 Å². The van der Waals surface area contributed by atoms with Gasteiger partial charge in [-0.25, -0.2) is 8.42 Å². The third-order valence-corrected chi connectivity index (χ3v) is 5.55. The van der Waals surface area contributed by atoms with Crippen molar-refractivity contribution in [1.29, 1.82) is 0 Å². The summed E-state index contributed by atoms with van der Waals surface area (Å²) in [5, 5.41) is 0. The van der Waals surface area contributed by atoms with E-state index in [9.17, 15) is 8.42 Å². The molecule has 0 radical (unpaired) electrons. The fourth-order valence-corrected chi connectivity index (χ4v) is 3.84. The predicted molar refractivity (Wildman–Crippen MR) is 79.0 cm³/mol. The number of aryl methyl sites for hydroxylation is 2. The van der Waals surface area contributed by atoms with E-state index in [0.717, 1.165) is 11.1 Å². The summed E-state index contributed by atoms with van der Waals surface area (Å²) in [4.78, 5) is 0.373. The van der Waals surface area contributed by atoms with Crippen molar-refractivity contribution in [2.75, 3.05) is 6.54 Å². The van der Waals surface area contributed by atoms with Crippen LogP contribution < -0.4 is 0 Å². The fraction of sp³-hybridized carbons (Fsp3) is 0.250. The van der Waals surface area contributed by atoms with Crippen molar-refractivity contribution in [3.8, 4) is 0 Å². The molecule has 2 aromatic carbocycles. The first-order valence-electron chi connectivity index (χ1n) is 6.63. The van der Waals surface area contributed by atoms with E-state index in [0.29, 0.717) is 11.4 Å². The molecule has 104 valence electrons. The minimum Gasteiger partial charge on any atom is -0.207 e. The molecule has 3 nitrogen and oxygen atoms in total. The van der Waals surface area contributed by atoms with Crippen molar-refractivity contribution < 1.29 is 8.42 Å². The Morgan fingerprint density at radius 2 is 1.40 bits per heavy atom. The maximum atomic E-state index is 12.5. The first-order chi connectivity index (χ1) is 9.48. The molecule has 0 N–H and O–H groups in total. The quantitative estimate of drug-likeness (QED) is 0.814. The maximum absolute atomic E-state index is 12.5. The molecule has 1 aliphatic rings. The van der Waals surface area contributed by atoms with Crippen LogP contribution in [0.2, 0.25) is 0 Å². The Morgan fingerprint density at radius 3 is 1.95 bits per heavy atom. The summed E-state index contributed by atoms with van der Waals surface area (Å²) in [6.07, 6.45) is 0. The number of hydrogen-bond acceptors (Lipinski definition) is 2. The molecule has 3 rings (SSSR count). The van der Waals surface area contributed by atoms with Gasteiger partial charge < -0.3 is 0 Å². The van der Waals surface area contributed by atoms with Crippen molar-refractivity contribution in [2.45, 2.75) is 24.8 Å². The third kappa shape index (κ3) is 2.37. The second kappa shape index (κ2) is 4.72. The zero-order valence-corrected chi connectivity index (χ0v) is 12.4. The predicted octanol–water partition coefficient (Wildman–Crippen LogP) is 3.05. The van der Waals surface area contributed by atoms with Crippen LogP contribution in [-0.4, -0.2) is 19.3 Å². The molecule has 2 atom stereocenters. The van der Waals surface area contributed by atoms with Crippen LogP contribution in [0.25, 0.3) is 0 Å². The molecule has 1 aliphatic heterocycles. The summed E-state index contributed by atoms with van der Waals surface area (Å²) in [6, 6.07) is 15.0. The number of sulfonamides is 1. The van der Waals surface area contributed by atoms with Gasteiger partial charge in [-0.1, -0.05) is 47.5 Å². The molecule has 1 unspecified atom stereocenters. The first kappa shape index (κ1) is 13.3. The number of hydrogen-bond donors (Lipinski definition) is 0. The van der Waals surface area contributed by atoms with Crippen molar-refractivity contribution in [3.63, 3.8) is 0 Å². The summed E-state index contributed by atoms with van der Waals surface area (Å²) in [5.41, 5.74) is 3.30. The van der Waals surface area contributed by atoms with Gasteiger partial charge in [-0.15, -0.1) is 0 Å². The molecule has 2 aromatic rings. The van der Waals surface area contributed by atoms with E-state index in [1.807, 2.05) is 50.2 Å². The normalized spacial score (nSPS) is 21.7. The Morgan fingerprint density at radius 1 is 0.900 bits per heavy atom. The fourth-order valence-electron chi connectivity index (χ4n) is 2.29. The highest BCUT2D eigenvalue weighted by molar-refractivity contribution is 7.89. The van der Waals surface area contributed by atoms with Gasteiger partial charge in [0.25, 0.3) is 0 Å². The van der Waals surface area contributed by atoms with Gasteiger partial charge in [-0.3, -0.25) is 0 Å². The lowest BCUT2D eigenvalue weighted by Crippen LogP contribution is -2.12. The zero-order valence-electron chi connectivity index (χ0n) is 11.6. The van der Waals surface area contributed by atoms with E-state index in [2.05, 4.69) is 0 Å². The van der Waals surface area contributed by atoms with Crippen LogP contribution in [0.15, 0.2) is 53.4 Å². The van der Waals surface area contributed by atoms with Gasteiger partial charge in [0.1, 0.15) is 0 Å². The molecule has 0 amide bonds. The van der Waals surface area contributed by atoms with Crippen LogP contribution >= 0.6 is 0 Å². The lowest BCUT2D eigenvalue weighted by Gasteiger charge is -2.07. The maximum Gasteiger partial charge on any atom is 0.243 e. The van der Waals surface area contributed by atoms with Crippen molar-refractivity contribution in [1.82, 2.24) is 4.31 Å². The van der Waals surface area contributed by atoms with Gasteiger partial charge in [-0.2, -0.15) is 4.31 Å². The van der Waals surface area contributed by atoms with Crippen LogP contribution in [0.1, 0.15) is 22.7 Å². The number of nitrogens with zero attached hydrogens (tertiary/aromatic N) is 1. The standard InChI is InChI=1S/C16H17NO2S/c1-12-3-7-14(8-4-12)16-11-17(16)20(18,19)15-9-5-13(2)6-10-15/h3-10,16H,11H2,1-2H3/t16-,17?/m0/s1. The third-order valence-electron chi connectivity index (χ3n) is 3.66. The lowest BCUT2D eigenvalue weighted by atomic mass is 10.1. The minimum absolute atomic E-state index is 0.0121. The van der Waals surface area contributed by atoms with E-state index in [1.165, 1.54) is 5.56 Å². The molecule has 0 saturated carbocycles. The minimum atomic E-state index is -3.36. The van der Waals surface area contributed by atoms with Gasteiger partial charge >= 0.3 is 0 Å². The lowest BCUT2D eigenvalue weighted by molar-refractivity contribution is 0.554. The van der Waals surface area contributed by atoms with E-state index in [-0.39, 0.29) is 6.04 Å². The molecular weight excluding hydrogens is 270 g/mol. The van der Waals surface area contributed by atoms with Gasteiger partial charge in [0.2, 0.25) is 10.0 Å². The van der Waals surface area contributed by atoms with Gasteiger partial charge in [0.15, 0.2) is 0 Å². The average Bonchev–Trinajstić information content (AvgIpc) is 3.21. The largest absolute Gasteiger partial charge is 0.243 e. The smallest absolute Gasteiger partial charge is 0.207 e. The van der Waals surface area contributed by atoms with E-state index in [1.54, 1.807) is 16.4 Å². The van der Waals surface area contributed by atoms with Crippen molar-refractivity contribution >= 4 is 10.0 Å². The Labute approximate surface area is 119 Å². The second-order valence-corrected chi connectivity index (χ2v) is 7.20. The molecule has 1 heterocycles. The van der Waals surface area contributed by atoms with Gasteiger partial charge in [-0.05, 0) is 31.5 Å². The molecule has 0 aromatic heterocycles. The van der Waals surface area contributed by atoms with Crippen LogP contribution in [0.4, 0.5) is 0 Å². The summed E-state index contributed by atoms with van der Waals surface area (Å²) < 4.78 is 26.5. The topological polar surface area (TPSA) is 37.1 Å². The summed E-state index contributed by atoms with van der Waals surface area (Å²) in [5.74, 6) is 0. The summed E-state index contributed by atoms with van der Waals surface area (Å²) >= 11 is 0. The molecule has 0 spiro atoms. The molecule has 4 heteroatoms. The highest BCUT2D eigenvalue weighted by atomic mass is 32.2. The summed E-state index contributed by atoms with van der Waals surface area (Å²) in [6.45, 7) is 4.54. The van der Waals surface area contributed by atoms with E-state index < -0.39 is 10.0 Å². The second-order valence-electron chi connectivity index (χ2n) is 5.31. The zero-order chi connectivity index (χ0) is 14.3.